The van der Waals surface area contributed by atoms with E-state index < -0.39 is 33.5 Å². The fourth-order valence-electron chi connectivity index (χ4n) is 2.77. The van der Waals surface area contributed by atoms with Crippen LogP contribution in [-0.2, 0) is 14.8 Å². The molecule has 1 aliphatic rings. The van der Waals surface area contributed by atoms with Crippen molar-refractivity contribution in [1.29, 1.82) is 0 Å². The first-order valence-corrected chi connectivity index (χ1v) is 8.55. The molecule has 1 fully saturated rings. The minimum Gasteiger partial charge on any atom is -0.465 e. The zero-order valence-corrected chi connectivity index (χ0v) is 13.3. The second kappa shape index (κ2) is 5.38. The molecule has 0 aliphatic heterocycles. The standard InChI is InChI=1S/C15H15N3O5S/c1-2-10-8-15(10,17-14(20)21)13(19)18-24(22,23)11-5-3-4-9-6-7-16-12(9)11/h2-7,10,16-17H,1,8H2,(H,18,19)(H,20,21)/t10-,15-/m1/s1. The normalized spacial score (nSPS) is 22.8. The number of aromatic amines is 1. The van der Waals surface area contributed by atoms with Gasteiger partial charge in [0.1, 0.15) is 10.4 Å². The predicted octanol–water partition coefficient (Wildman–Crippen LogP) is 1.19. The average Bonchev–Trinajstić information content (AvgIpc) is 3.01. The fourth-order valence-corrected chi connectivity index (χ4v) is 4.01. The summed E-state index contributed by atoms with van der Waals surface area (Å²) in [7, 11) is -4.16. The van der Waals surface area contributed by atoms with E-state index in [9.17, 15) is 18.0 Å². The van der Waals surface area contributed by atoms with E-state index in [1.165, 1.54) is 12.1 Å². The number of carbonyl (C=O) groups excluding carboxylic acids is 1. The van der Waals surface area contributed by atoms with Crippen LogP contribution in [0.15, 0.2) is 48.0 Å². The van der Waals surface area contributed by atoms with Crippen LogP contribution in [0.2, 0.25) is 0 Å². The van der Waals surface area contributed by atoms with Gasteiger partial charge in [0.2, 0.25) is 0 Å². The van der Waals surface area contributed by atoms with Crippen molar-refractivity contribution < 1.29 is 23.1 Å². The summed E-state index contributed by atoms with van der Waals surface area (Å²) < 4.78 is 27.1. The molecule has 3 rings (SSSR count). The van der Waals surface area contributed by atoms with Gasteiger partial charge in [-0.25, -0.2) is 17.9 Å². The number of fused-ring (bicyclic) bond motifs is 1. The fraction of sp³-hybridized carbons (Fsp3) is 0.200. The summed E-state index contributed by atoms with van der Waals surface area (Å²) >= 11 is 0. The third-order valence-electron chi connectivity index (χ3n) is 4.10. The maximum Gasteiger partial charge on any atom is 0.405 e. The van der Waals surface area contributed by atoms with Gasteiger partial charge in [-0.3, -0.25) is 4.79 Å². The molecule has 9 heteroatoms. The summed E-state index contributed by atoms with van der Waals surface area (Å²) in [4.78, 5) is 26.1. The highest BCUT2D eigenvalue weighted by molar-refractivity contribution is 7.90. The van der Waals surface area contributed by atoms with E-state index in [1.807, 2.05) is 4.72 Å². The zero-order chi connectivity index (χ0) is 17.5. The number of carboxylic acid groups (broad SMARTS) is 1. The Bertz CT molecular complexity index is 949. The molecule has 24 heavy (non-hydrogen) atoms. The highest BCUT2D eigenvalue weighted by Crippen LogP contribution is 2.44. The lowest BCUT2D eigenvalue weighted by atomic mass is 10.2. The Hall–Kier alpha value is -2.81. The first kappa shape index (κ1) is 16.1. The Labute approximate surface area is 137 Å². The van der Waals surface area contributed by atoms with Gasteiger partial charge in [0.05, 0.1) is 5.52 Å². The molecule has 1 aliphatic carbocycles. The van der Waals surface area contributed by atoms with Gasteiger partial charge in [-0.05, 0) is 18.6 Å². The van der Waals surface area contributed by atoms with Crippen LogP contribution in [0.25, 0.3) is 10.9 Å². The molecule has 1 aromatic carbocycles. The maximum absolute atomic E-state index is 12.6. The van der Waals surface area contributed by atoms with Gasteiger partial charge in [0.25, 0.3) is 15.9 Å². The van der Waals surface area contributed by atoms with Gasteiger partial charge in [-0.1, -0.05) is 18.2 Å². The van der Waals surface area contributed by atoms with Gasteiger partial charge in [0.15, 0.2) is 0 Å². The molecule has 0 spiro atoms. The molecule has 0 saturated heterocycles. The van der Waals surface area contributed by atoms with E-state index in [1.54, 1.807) is 24.4 Å². The van der Waals surface area contributed by atoms with Gasteiger partial charge in [-0.15, -0.1) is 6.58 Å². The molecule has 1 saturated carbocycles. The highest BCUT2D eigenvalue weighted by atomic mass is 32.2. The van der Waals surface area contributed by atoms with Crippen molar-refractivity contribution in [2.75, 3.05) is 0 Å². The van der Waals surface area contributed by atoms with Gasteiger partial charge < -0.3 is 15.4 Å². The van der Waals surface area contributed by atoms with Crippen molar-refractivity contribution in [1.82, 2.24) is 15.0 Å². The minimum absolute atomic E-state index is 0.0837. The number of sulfonamides is 1. The third kappa shape index (κ3) is 2.52. The Morgan fingerprint density at radius 3 is 2.75 bits per heavy atom. The average molecular weight is 349 g/mol. The smallest absolute Gasteiger partial charge is 0.405 e. The van der Waals surface area contributed by atoms with Crippen molar-refractivity contribution in [3.05, 3.63) is 43.1 Å². The number of hydrogen-bond donors (Lipinski definition) is 4. The van der Waals surface area contributed by atoms with E-state index in [0.717, 1.165) is 0 Å². The van der Waals surface area contributed by atoms with Crippen molar-refractivity contribution in [2.45, 2.75) is 16.9 Å². The molecule has 1 aromatic heterocycles. The number of aromatic nitrogens is 1. The molecular formula is C15H15N3O5S. The Balaban J connectivity index is 1.92. The number of nitrogens with one attached hydrogen (secondary N) is 3. The van der Waals surface area contributed by atoms with Crippen molar-refractivity contribution in [3.8, 4) is 0 Å². The molecule has 2 aromatic rings. The van der Waals surface area contributed by atoms with Crippen LogP contribution in [0.3, 0.4) is 0 Å². The van der Waals surface area contributed by atoms with E-state index in [0.29, 0.717) is 10.9 Å². The highest BCUT2D eigenvalue weighted by Gasteiger charge is 2.60. The summed E-state index contributed by atoms with van der Waals surface area (Å²) in [5.74, 6) is -1.37. The molecule has 4 N–H and O–H groups in total. The molecule has 0 unspecified atom stereocenters. The number of amides is 2. The number of rotatable bonds is 5. The van der Waals surface area contributed by atoms with Crippen molar-refractivity contribution in [2.24, 2.45) is 5.92 Å². The summed E-state index contributed by atoms with van der Waals surface area (Å²) in [5.41, 5.74) is -1.13. The molecular weight excluding hydrogens is 334 g/mol. The lowest BCUT2D eigenvalue weighted by Crippen LogP contribution is -2.51. The summed E-state index contributed by atoms with van der Waals surface area (Å²) in [6.07, 6.45) is 1.77. The van der Waals surface area contributed by atoms with Crippen LogP contribution in [0.5, 0.6) is 0 Å². The largest absolute Gasteiger partial charge is 0.465 e. The quantitative estimate of drug-likeness (QED) is 0.603. The van der Waals surface area contributed by atoms with E-state index in [2.05, 4.69) is 16.9 Å². The first-order chi connectivity index (χ1) is 11.3. The lowest BCUT2D eigenvalue weighted by molar-refractivity contribution is -0.122. The van der Waals surface area contributed by atoms with Gasteiger partial charge in [0, 0.05) is 17.5 Å². The van der Waals surface area contributed by atoms with Crippen LogP contribution >= 0.6 is 0 Å². The van der Waals surface area contributed by atoms with Crippen LogP contribution in [0, 0.1) is 5.92 Å². The predicted molar refractivity (Wildman–Crippen MR) is 85.8 cm³/mol. The van der Waals surface area contributed by atoms with Gasteiger partial charge in [-0.2, -0.15) is 0 Å². The molecule has 2 amide bonds. The molecule has 2 atom stereocenters. The van der Waals surface area contributed by atoms with Crippen LogP contribution in [-0.4, -0.2) is 36.0 Å². The van der Waals surface area contributed by atoms with Crippen LogP contribution < -0.4 is 10.0 Å². The molecule has 8 nitrogen and oxygen atoms in total. The van der Waals surface area contributed by atoms with E-state index in [4.69, 9.17) is 5.11 Å². The maximum atomic E-state index is 12.6. The number of benzene rings is 1. The molecule has 126 valence electrons. The second-order valence-corrected chi connectivity index (χ2v) is 7.23. The van der Waals surface area contributed by atoms with Crippen molar-refractivity contribution >= 4 is 32.9 Å². The lowest BCUT2D eigenvalue weighted by Gasteiger charge is -2.17. The van der Waals surface area contributed by atoms with E-state index in [-0.39, 0.29) is 11.3 Å². The third-order valence-corrected chi connectivity index (χ3v) is 5.47. The first-order valence-electron chi connectivity index (χ1n) is 7.07. The number of H-pyrrole nitrogens is 1. The van der Waals surface area contributed by atoms with Crippen LogP contribution in [0.4, 0.5) is 4.79 Å². The summed E-state index contributed by atoms with van der Waals surface area (Å²) in [6.45, 7) is 3.53. The van der Waals surface area contributed by atoms with Crippen LogP contribution in [0.1, 0.15) is 6.42 Å². The van der Waals surface area contributed by atoms with E-state index >= 15 is 0 Å². The monoisotopic (exact) mass is 349 g/mol. The molecule has 0 bridgehead atoms. The molecule has 0 radical (unpaired) electrons. The summed E-state index contributed by atoms with van der Waals surface area (Å²) in [5, 5.41) is 11.7. The second-order valence-electron chi connectivity index (χ2n) is 5.58. The molecule has 1 heterocycles. The number of carbonyl (C=O) groups is 2. The Morgan fingerprint density at radius 2 is 2.12 bits per heavy atom. The SMILES string of the molecule is C=C[C@@H]1C[C@]1(NC(=O)O)C(=O)NS(=O)(=O)c1cccc2cc[nH]c12. The number of para-hydroxylation sites is 1. The number of hydrogen-bond acceptors (Lipinski definition) is 4. The van der Waals surface area contributed by atoms with Crippen molar-refractivity contribution in [3.63, 3.8) is 0 Å². The van der Waals surface area contributed by atoms with Gasteiger partial charge >= 0.3 is 6.09 Å². The summed E-state index contributed by atoms with van der Waals surface area (Å²) in [6, 6.07) is 6.36. The zero-order valence-electron chi connectivity index (χ0n) is 12.4. The Kier molecular flexibility index (Phi) is 3.60. The Morgan fingerprint density at radius 1 is 1.38 bits per heavy atom. The topological polar surface area (TPSA) is 128 Å². The minimum atomic E-state index is -4.16.